The number of rotatable bonds is 4. The molecular weight excluding hydrogens is 316 g/mol. The van der Waals surface area contributed by atoms with E-state index in [1.54, 1.807) is 6.92 Å². The van der Waals surface area contributed by atoms with Crippen molar-refractivity contribution in [3.05, 3.63) is 36.3 Å². The van der Waals surface area contributed by atoms with Gasteiger partial charge in [-0.15, -0.1) is 0 Å². The minimum Gasteiger partial charge on any atom is -0.506 e. The lowest BCUT2D eigenvalue weighted by atomic mass is 10.2. The van der Waals surface area contributed by atoms with Crippen LogP contribution in [0.1, 0.15) is 12.6 Å². The fourth-order valence-corrected chi connectivity index (χ4v) is 3.18. The number of aromatic amines is 1. The average molecular weight is 332 g/mol. The van der Waals surface area contributed by atoms with Crippen molar-refractivity contribution in [1.29, 1.82) is 0 Å². The van der Waals surface area contributed by atoms with E-state index in [0.29, 0.717) is 11.5 Å². The maximum absolute atomic E-state index is 12.0. The number of aromatic hydroxyl groups is 1. The molecule has 0 atom stereocenters. The van der Waals surface area contributed by atoms with E-state index in [0.717, 1.165) is 11.1 Å². The molecule has 23 heavy (non-hydrogen) atoms. The number of nitrogens with one attached hydrogen (secondary N) is 2. The molecule has 7 nitrogen and oxygen atoms in total. The van der Waals surface area contributed by atoms with Crippen LogP contribution in [0.4, 0.5) is 11.5 Å². The second-order valence-electron chi connectivity index (χ2n) is 5.14. The number of sulfone groups is 1. The number of phenolic OH excluding ortho intramolecular Hbond substituents is 1. The van der Waals surface area contributed by atoms with Crippen LogP contribution in [0.5, 0.6) is 5.75 Å². The van der Waals surface area contributed by atoms with E-state index in [9.17, 15) is 13.5 Å². The average Bonchev–Trinajstić information content (AvgIpc) is 2.90. The van der Waals surface area contributed by atoms with Gasteiger partial charge >= 0.3 is 0 Å². The summed E-state index contributed by atoms with van der Waals surface area (Å²) in [6.07, 6.45) is 1.39. The number of phenols is 1. The van der Waals surface area contributed by atoms with Crippen LogP contribution < -0.4 is 5.32 Å². The largest absolute Gasteiger partial charge is 0.506 e. The highest BCUT2D eigenvalue weighted by atomic mass is 32.2. The monoisotopic (exact) mass is 332 g/mol. The highest BCUT2D eigenvalue weighted by molar-refractivity contribution is 7.91. The van der Waals surface area contributed by atoms with Gasteiger partial charge in [-0.1, -0.05) is 6.92 Å². The van der Waals surface area contributed by atoms with Crippen LogP contribution in [0.3, 0.4) is 0 Å². The van der Waals surface area contributed by atoms with Gasteiger partial charge in [0.1, 0.15) is 23.5 Å². The van der Waals surface area contributed by atoms with Crippen molar-refractivity contribution in [3.8, 4) is 5.75 Å². The van der Waals surface area contributed by atoms with Crippen molar-refractivity contribution in [2.45, 2.75) is 18.7 Å². The Morgan fingerprint density at radius 1 is 1.26 bits per heavy atom. The van der Waals surface area contributed by atoms with Crippen LogP contribution in [0.25, 0.3) is 11.0 Å². The van der Waals surface area contributed by atoms with E-state index in [1.807, 2.05) is 13.0 Å². The zero-order valence-corrected chi connectivity index (χ0v) is 13.5. The molecule has 0 saturated heterocycles. The first-order valence-electron chi connectivity index (χ1n) is 7.04. The number of H-pyrrole nitrogens is 1. The van der Waals surface area contributed by atoms with Gasteiger partial charge in [0.25, 0.3) is 0 Å². The molecular formula is C15H16N4O3S. The van der Waals surface area contributed by atoms with Gasteiger partial charge in [0, 0.05) is 5.69 Å². The van der Waals surface area contributed by atoms with Gasteiger partial charge in [0.05, 0.1) is 21.7 Å². The Labute approximate surface area is 133 Å². The van der Waals surface area contributed by atoms with Crippen molar-refractivity contribution in [1.82, 2.24) is 15.0 Å². The smallest absolute Gasteiger partial charge is 0.178 e. The zero-order chi connectivity index (χ0) is 16.6. The molecule has 120 valence electrons. The fourth-order valence-electron chi connectivity index (χ4n) is 2.27. The summed E-state index contributed by atoms with van der Waals surface area (Å²) < 4.78 is 24.0. The molecule has 3 N–H and O–H groups in total. The second-order valence-corrected chi connectivity index (χ2v) is 7.42. The number of hydrogen-bond acceptors (Lipinski definition) is 6. The number of aromatic nitrogens is 3. The Morgan fingerprint density at radius 2 is 2.04 bits per heavy atom. The Kier molecular flexibility index (Phi) is 3.69. The molecule has 0 aliphatic heterocycles. The van der Waals surface area contributed by atoms with Gasteiger partial charge in [-0.05, 0) is 31.2 Å². The van der Waals surface area contributed by atoms with E-state index < -0.39 is 9.84 Å². The Bertz CT molecular complexity index is 980. The van der Waals surface area contributed by atoms with Crippen LogP contribution in [0.15, 0.2) is 35.5 Å². The molecule has 2 aromatic heterocycles. The highest BCUT2D eigenvalue weighted by Crippen LogP contribution is 2.31. The molecule has 8 heteroatoms. The first-order chi connectivity index (χ1) is 10.9. The number of hydrogen-bond donors (Lipinski definition) is 3. The molecule has 0 fully saturated rings. The summed E-state index contributed by atoms with van der Waals surface area (Å²) in [5, 5.41) is 13.7. The van der Waals surface area contributed by atoms with Crippen LogP contribution in [0.2, 0.25) is 0 Å². The molecule has 3 aromatic rings. The van der Waals surface area contributed by atoms with Crippen molar-refractivity contribution in [2.75, 3.05) is 11.1 Å². The number of aryl methyl sites for hydroxylation is 1. The normalized spacial score (nSPS) is 11.7. The summed E-state index contributed by atoms with van der Waals surface area (Å²) in [4.78, 5) is 11.5. The SMILES string of the molecule is CCS(=O)(=O)c1ccc(O)c(Nc2ncnc3[nH]c(C)cc23)c1. The molecule has 1 aromatic carbocycles. The van der Waals surface area contributed by atoms with Crippen LogP contribution >= 0.6 is 0 Å². The summed E-state index contributed by atoms with van der Waals surface area (Å²) >= 11 is 0. The third-order valence-corrected chi connectivity index (χ3v) is 5.25. The van der Waals surface area contributed by atoms with Crippen molar-refractivity contribution in [3.63, 3.8) is 0 Å². The Balaban J connectivity index is 2.07. The minimum absolute atomic E-state index is 0.00796. The maximum Gasteiger partial charge on any atom is 0.178 e. The lowest BCUT2D eigenvalue weighted by molar-refractivity contribution is 0.477. The number of nitrogens with zero attached hydrogens (tertiary/aromatic N) is 2. The third kappa shape index (κ3) is 2.85. The number of benzene rings is 1. The van der Waals surface area contributed by atoms with E-state index in [-0.39, 0.29) is 22.1 Å². The molecule has 0 unspecified atom stereocenters. The zero-order valence-electron chi connectivity index (χ0n) is 12.7. The van der Waals surface area contributed by atoms with Gasteiger partial charge in [-0.2, -0.15) is 0 Å². The molecule has 2 heterocycles. The summed E-state index contributed by atoms with van der Waals surface area (Å²) in [5.74, 6) is 0.422. The molecule has 0 amide bonds. The predicted molar refractivity (Wildman–Crippen MR) is 87.7 cm³/mol. The van der Waals surface area contributed by atoms with Gasteiger partial charge in [0.15, 0.2) is 9.84 Å². The summed E-state index contributed by atoms with van der Waals surface area (Å²) in [5.41, 5.74) is 1.87. The maximum atomic E-state index is 12.0. The van der Waals surface area contributed by atoms with Gasteiger partial charge in [-0.25, -0.2) is 18.4 Å². The summed E-state index contributed by atoms with van der Waals surface area (Å²) in [7, 11) is -3.36. The molecule has 0 bridgehead atoms. The quantitative estimate of drug-likeness (QED) is 0.634. The van der Waals surface area contributed by atoms with E-state index in [1.165, 1.54) is 24.5 Å². The molecule has 0 radical (unpaired) electrons. The Hall–Kier alpha value is -2.61. The lowest BCUT2D eigenvalue weighted by Gasteiger charge is -2.10. The van der Waals surface area contributed by atoms with E-state index in [2.05, 4.69) is 20.3 Å². The summed E-state index contributed by atoms with van der Waals surface area (Å²) in [6.45, 7) is 3.48. The second kappa shape index (κ2) is 5.54. The molecule has 3 rings (SSSR count). The number of anilines is 2. The minimum atomic E-state index is -3.36. The standard InChI is InChI=1S/C15H16N4O3S/c1-3-23(21,22)10-4-5-13(20)12(7-10)19-15-11-6-9(2)18-14(11)16-8-17-15/h4-8,20H,3H2,1-2H3,(H2,16,17,18,19). The van der Waals surface area contributed by atoms with E-state index in [4.69, 9.17) is 0 Å². The topological polar surface area (TPSA) is 108 Å². The first kappa shape index (κ1) is 15.3. The van der Waals surface area contributed by atoms with Gasteiger partial charge in [-0.3, -0.25) is 0 Å². The fraction of sp³-hybridized carbons (Fsp3) is 0.200. The molecule has 0 spiro atoms. The van der Waals surface area contributed by atoms with Crippen LogP contribution in [-0.4, -0.2) is 34.2 Å². The van der Waals surface area contributed by atoms with Gasteiger partial charge in [0.2, 0.25) is 0 Å². The van der Waals surface area contributed by atoms with Crippen LogP contribution in [-0.2, 0) is 9.84 Å². The van der Waals surface area contributed by atoms with Crippen molar-refractivity contribution in [2.24, 2.45) is 0 Å². The summed E-state index contributed by atoms with van der Waals surface area (Å²) in [6, 6.07) is 6.02. The van der Waals surface area contributed by atoms with Crippen molar-refractivity contribution < 1.29 is 13.5 Å². The number of fused-ring (bicyclic) bond motifs is 1. The molecule has 0 saturated carbocycles. The van der Waals surface area contributed by atoms with Gasteiger partial charge < -0.3 is 15.4 Å². The van der Waals surface area contributed by atoms with Crippen LogP contribution in [0, 0.1) is 6.92 Å². The third-order valence-electron chi connectivity index (χ3n) is 3.52. The molecule has 0 aliphatic carbocycles. The predicted octanol–water partition coefficient (Wildman–Crippen LogP) is 2.51. The van der Waals surface area contributed by atoms with E-state index >= 15 is 0 Å². The molecule has 0 aliphatic rings. The lowest BCUT2D eigenvalue weighted by Crippen LogP contribution is -2.04. The highest BCUT2D eigenvalue weighted by Gasteiger charge is 2.15. The Morgan fingerprint density at radius 3 is 2.78 bits per heavy atom. The van der Waals surface area contributed by atoms with Crippen molar-refractivity contribution >= 4 is 32.4 Å². The first-order valence-corrected chi connectivity index (χ1v) is 8.69.